The average molecular weight is 345 g/mol. The topological polar surface area (TPSA) is 101 Å². The molecule has 0 amide bonds. The summed E-state index contributed by atoms with van der Waals surface area (Å²) < 4.78 is 24.1. The van der Waals surface area contributed by atoms with E-state index in [-0.39, 0.29) is 0 Å². The molecule has 114 valence electrons. The molecule has 1 unspecified atom stereocenters. The number of hydrogen-bond donors (Lipinski definition) is 2. The van der Waals surface area contributed by atoms with Crippen LogP contribution >= 0.6 is 23.1 Å². The van der Waals surface area contributed by atoms with Crippen LogP contribution in [0.5, 0.6) is 0 Å². The number of fused-ring (bicyclic) bond motifs is 1. The zero-order valence-electron chi connectivity index (χ0n) is 11.3. The van der Waals surface area contributed by atoms with E-state index in [0.717, 1.165) is 16.0 Å². The van der Waals surface area contributed by atoms with Crippen LogP contribution in [0, 0.1) is 0 Å². The SMILES string of the molecule is CS(=O)(=O)C1CSCCN1c1nc(NN)nc2sccc12. The van der Waals surface area contributed by atoms with Crippen LogP contribution in [-0.2, 0) is 9.84 Å². The summed E-state index contributed by atoms with van der Waals surface area (Å²) in [6, 6.07) is 1.91. The Labute approximate surface area is 130 Å². The molecule has 10 heteroatoms. The predicted octanol–water partition coefficient (Wildman–Crippen LogP) is 0.901. The fraction of sp³-hybridized carbons (Fsp3) is 0.455. The smallest absolute Gasteiger partial charge is 0.240 e. The molecule has 21 heavy (non-hydrogen) atoms. The molecule has 0 aliphatic carbocycles. The van der Waals surface area contributed by atoms with Crippen molar-refractivity contribution in [2.45, 2.75) is 5.37 Å². The Balaban J connectivity index is 2.15. The highest BCUT2D eigenvalue weighted by molar-refractivity contribution is 8.01. The van der Waals surface area contributed by atoms with Crippen LogP contribution in [-0.4, -0.2) is 48.1 Å². The van der Waals surface area contributed by atoms with Gasteiger partial charge in [-0.1, -0.05) is 0 Å². The van der Waals surface area contributed by atoms with Gasteiger partial charge in [0.2, 0.25) is 5.95 Å². The number of thioether (sulfide) groups is 1. The van der Waals surface area contributed by atoms with E-state index in [4.69, 9.17) is 5.84 Å². The van der Waals surface area contributed by atoms with E-state index < -0.39 is 15.2 Å². The second kappa shape index (κ2) is 5.59. The molecule has 0 saturated carbocycles. The number of hydrogen-bond acceptors (Lipinski definition) is 9. The summed E-state index contributed by atoms with van der Waals surface area (Å²) in [4.78, 5) is 11.3. The van der Waals surface area contributed by atoms with Crippen molar-refractivity contribution in [3.8, 4) is 0 Å². The van der Waals surface area contributed by atoms with E-state index in [9.17, 15) is 8.42 Å². The van der Waals surface area contributed by atoms with Crippen molar-refractivity contribution in [2.24, 2.45) is 5.84 Å². The fourth-order valence-electron chi connectivity index (χ4n) is 2.30. The van der Waals surface area contributed by atoms with Gasteiger partial charge in [0, 0.05) is 24.3 Å². The van der Waals surface area contributed by atoms with Crippen molar-refractivity contribution in [3.05, 3.63) is 11.4 Å². The molecule has 2 aromatic rings. The van der Waals surface area contributed by atoms with Crippen LogP contribution in [0.4, 0.5) is 11.8 Å². The van der Waals surface area contributed by atoms with Crippen molar-refractivity contribution in [1.29, 1.82) is 0 Å². The number of nitrogens with two attached hydrogens (primary N) is 1. The van der Waals surface area contributed by atoms with Crippen LogP contribution in [0.3, 0.4) is 0 Å². The van der Waals surface area contributed by atoms with Crippen molar-refractivity contribution < 1.29 is 8.42 Å². The lowest BCUT2D eigenvalue weighted by molar-refractivity contribution is 0.584. The molecular formula is C11H15N5O2S3. The fourth-order valence-corrected chi connectivity index (χ4v) is 5.88. The van der Waals surface area contributed by atoms with Gasteiger partial charge in [-0.05, 0) is 11.4 Å². The maximum Gasteiger partial charge on any atom is 0.240 e. The van der Waals surface area contributed by atoms with E-state index in [1.54, 1.807) is 11.8 Å². The lowest BCUT2D eigenvalue weighted by Gasteiger charge is -2.35. The number of thiophene rings is 1. The molecule has 1 aliphatic rings. The van der Waals surface area contributed by atoms with E-state index in [1.807, 2.05) is 16.3 Å². The van der Waals surface area contributed by atoms with Crippen molar-refractivity contribution in [1.82, 2.24) is 9.97 Å². The Kier molecular flexibility index (Phi) is 3.95. The third kappa shape index (κ3) is 2.80. The molecule has 1 fully saturated rings. The molecule has 3 heterocycles. The second-order valence-corrected chi connectivity index (χ2v) is 8.95. The van der Waals surface area contributed by atoms with E-state index in [1.165, 1.54) is 17.6 Å². The van der Waals surface area contributed by atoms with Gasteiger partial charge in [0.05, 0.1) is 5.39 Å². The summed E-state index contributed by atoms with van der Waals surface area (Å²) in [5.74, 6) is 7.75. The Bertz CT molecular complexity index is 760. The third-order valence-electron chi connectivity index (χ3n) is 3.28. The number of nitrogens with one attached hydrogen (secondary N) is 1. The first-order valence-corrected chi connectivity index (χ1v) is 10.2. The summed E-state index contributed by atoms with van der Waals surface area (Å²) in [5.41, 5.74) is 2.45. The monoisotopic (exact) mass is 345 g/mol. The highest BCUT2D eigenvalue weighted by atomic mass is 32.2. The Morgan fingerprint density at radius 2 is 2.29 bits per heavy atom. The number of rotatable bonds is 3. The van der Waals surface area contributed by atoms with E-state index in [2.05, 4.69) is 15.4 Å². The highest BCUT2D eigenvalue weighted by Gasteiger charge is 2.33. The number of sulfone groups is 1. The zero-order valence-corrected chi connectivity index (χ0v) is 13.8. The minimum Gasteiger partial charge on any atom is -0.337 e. The molecule has 1 aliphatic heterocycles. The van der Waals surface area contributed by atoms with Gasteiger partial charge >= 0.3 is 0 Å². The summed E-state index contributed by atoms with van der Waals surface area (Å²) in [5, 5.41) is 2.21. The number of nitrogens with zero attached hydrogens (tertiary/aromatic N) is 3. The molecule has 3 N–H and O–H groups in total. The Morgan fingerprint density at radius 1 is 1.48 bits per heavy atom. The van der Waals surface area contributed by atoms with Crippen LogP contribution in [0.25, 0.3) is 10.2 Å². The summed E-state index contributed by atoms with van der Waals surface area (Å²) in [6.45, 7) is 0.633. The van der Waals surface area contributed by atoms with Gasteiger partial charge in [0.1, 0.15) is 16.0 Å². The first-order chi connectivity index (χ1) is 10.0. The predicted molar refractivity (Wildman–Crippen MR) is 88.5 cm³/mol. The summed E-state index contributed by atoms with van der Waals surface area (Å²) in [7, 11) is -3.20. The number of anilines is 2. The molecule has 1 atom stereocenters. The Morgan fingerprint density at radius 3 is 3.00 bits per heavy atom. The van der Waals surface area contributed by atoms with Crippen molar-refractivity contribution in [2.75, 3.05) is 34.6 Å². The Hall–Kier alpha value is -1.10. The zero-order chi connectivity index (χ0) is 15.0. The lowest BCUT2D eigenvalue weighted by atomic mass is 10.3. The molecule has 0 aromatic carbocycles. The van der Waals surface area contributed by atoms with Crippen LogP contribution in [0.2, 0.25) is 0 Å². The molecular weight excluding hydrogens is 330 g/mol. The van der Waals surface area contributed by atoms with Crippen LogP contribution < -0.4 is 16.2 Å². The second-order valence-electron chi connectivity index (χ2n) is 4.71. The normalized spacial score (nSPS) is 19.9. The minimum absolute atomic E-state index is 0.297. The van der Waals surface area contributed by atoms with Gasteiger partial charge in [-0.3, -0.25) is 5.43 Å². The number of hydrazine groups is 1. The van der Waals surface area contributed by atoms with Gasteiger partial charge in [-0.2, -0.15) is 16.7 Å². The quantitative estimate of drug-likeness (QED) is 0.625. The van der Waals surface area contributed by atoms with Gasteiger partial charge < -0.3 is 4.90 Å². The standard InChI is InChI=1S/C11H15N5O2S3/c1-21(17,18)8-6-19-5-3-16(8)9-7-2-4-20-10(7)14-11(13-9)15-12/h2,4,8H,3,5-6,12H2,1H3,(H,13,14,15). The van der Waals surface area contributed by atoms with Gasteiger partial charge in [0.25, 0.3) is 0 Å². The molecule has 7 nitrogen and oxygen atoms in total. The van der Waals surface area contributed by atoms with Gasteiger partial charge in [-0.25, -0.2) is 19.2 Å². The maximum absolute atomic E-state index is 12.1. The van der Waals surface area contributed by atoms with Crippen molar-refractivity contribution in [3.63, 3.8) is 0 Å². The first-order valence-electron chi connectivity index (χ1n) is 6.26. The first kappa shape index (κ1) is 14.8. The average Bonchev–Trinajstić information content (AvgIpc) is 2.93. The largest absolute Gasteiger partial charge is 0.337 e. The molecule has 0 spiro atoms. The molecule has 1 saturated heterocycles. The molecule has 0 bridgehead atoms. The van der Waals surface area contributed by atoms with Crippen LogP contribution in [0.1, 0.15) is 0 Å². The molecule has 3 rings (SSSR count). The van der Waals surface area contributed by atoms with Crippen molar-refractivity contribution >= 4 is 54.9 Å². The molecule has 0 radical (unpaired) electrons. The number of nitrogen functional groups attached to an aromatic ring is 1. The number of aromatic nitrogens is 2. The van der Waals surface area contributed by atoms with Gasteiger partial charge in [-0.15, -0.1) is 11.3 Å². The molecule has 2 aromatic heterocycles. The van der Waals surface area contributed by atoms with E-state index in [0.29, 0.717) is 24.1 Å². The lowest BCUT2D eigenvalue weighted by Crippen LogP contribution is -2.47. The maximum atomic E-state index is 12.1. The third-order valence-corrected chi connectivity index (χ3v) is 6.73. The summed E-state index contributed by atoms with van der Waals surface area (Å²) >= 11 is 3.12. The van der Waals surface area contributed by atoms with E-state index >= 15 is 0 Å². The summed E-state index contributed by atoms with van der Waals surface area (Å²) in [6.07, 6.45) is 1.27. The van der Waals surface area contributed by atoms with Gasteiger partial charge in [0.15, 0.2) is 9.84 Å². The minimum atomic E-state index is -3.20. The van der Waals surface area contributed by atoms with Crippen LogP contribution in [0.15, 0.2) is 11.4 Å². The highest BCUT2D eigenvalue weighted by Crippen LogP contribution is 2.33.